The van der Waals surface area contributed by atoms with Gasteiger partial charge in [-0.05, 0) is 62.9 Å². The molecular weight excluding hydrogens is 208 g/mol. The van der Waals surface area contributed by atoms with Crippen LogP contribution in [0.5, 0.6) is 0 Å². The summed E-state index contributed by atoms with van der Waals surface area (Å²) in [5.74, 6) is 0. The maximum atomic E-state index is 5.63. The molecule has 0 spiro atoms. The molecule has 0 saturated heterocycles. The first-order chi connectivity index (χ1) is 8.06. The Labute approximate surface area is 103 Å². The predicted molar refractivity (Wildman–Crippen MR) is 74.5 cm³/mol. The Bertz CT molecular complexity index is 550. The Morgan fingerprint density at radius 3 is 2.53 bits per heavy atom. The highest BCUT2D eigenvalue weighted by atomic mass is 14.9. The summed E-state index contributed by atoms with van der Waals surface area (Å²) in [5, 5.41) is 1.43. The third kappa shape index (κ3) is 1.98. The lowest BCUT2D eigenvalue weighted by atomic mass is 10.0. The van der Waals surface area contributed by atoms with Gasteiger partial charge >= 0.3 is 0 Å². The van der Waals surface area contributed by atoms with Crippen LogP contribution in [0.4, 0.5) is 0 Å². The van der Waals surface area contributed by atoms with Gasteiger partial charge in [0.15, 0.2) is 0 Å². The largest absolute Gasteiger partial charge is 0.348 e. The summed E-state index contributed by atoms with van der Waals surface area (Å²) in [6.07, 6.45) is 2.15. The quantitative estimate of drug-likeness (QED) is 0.863. The summed E-state index contributed by atoms with van der Waals surface area (Å²) in [6, 6.07) is 4.55. The zero-order valence-corrected chi connectivity index (χ0v) is 11.3. The second kappa shape index (κ2) is 4.53. The minimum atomic E-state index is 0.765. The first-order valence-electron chi connectivity index (χ1n) is 6.31. The Balaban J connectivity index is 2.70. The van der Waals surface area contributed by atoms with Crippen molar-refractivity contribution in [2.45, 2.75) is 33.6 Å². The molecule has 1 aromatic carbocycles. The molecule has 17 heavy (non-hydrogen) atoms. The average molecular weight is 230 g/mol. The first kappa shape index (κ1) is 12.2. The topological polar surface area (TPSA) is 30.9 Å². The maximum absolute atomic E-state index is 5.63. The van der Waals surface area contributed by atoms with Crippen molar-refractivity contribution >= 4 is 10.9 Å². The molecule has 2 heteroatoms. The van der Waals surface area contributed by atoms with E-state index in [1.165, 1.54) is 33.3 Å². The van der Waals surface area contributed by atoms with E-state index in [4.69, 9.17) is 5.73 Å². The third-order valence-electron chi connectivity index (χ3n) is 3.69. The highest BCUT2D eigenvalue weighted by Gasteiger charge is 2.13. The summed E-state index contributed by atoms with van der Waals surface area (Å²) >= 11 is 0. The molecule has 0 saturated carbocycles. The minimum Gasteiger partial charge on any atom is -0.348 e. The van der Waals surface area contributed by atoms with Crippen LogP contribution in [0.1, 0.15) is 28.8 Å². The Morgan fingerprint density at radius 1 is 1.18 bits per heavy atom. The van der Waals surface area contributed by atoms with Crippen LogP contribution in [-0.4, -0.2) is 11.1 Å². The summed E-state index contributed by atoms with van der Waals surface area (Å²) in [7, 11) is 2.16. The summed E-state index contributed by atoms with van der Waals surface area (Å²) in [6.45, 7) is 7.34. The van der Waals surface area contributed by atoms with Crippen LogP contribution in [0.15, 0.2) is 12.1 Å². The number of aryl methyl sites for hydroxylation is 4. The van der Waals surface area contributed by atoms with Gasteiger partial charge in [0.05, 0.1) is 0 Å². The molecule has 2 aromatic rings. The van der Waals surface area contributed by atoms with Crippen LogP contribution in [0, 0.1) is 20.8 Å². The van der Waals surface area contributed by atoms with Gasteiger partial charge in [-0.1, -0.05) is 6.07 Å². The molecule has 2 nitrogen and oxygen atoms in total. The van der Waals surface area contributed by atoms with E-state index >= 15 is 0 Å². The van der Waals surface area contributed by atoms with Gasteiger partial charge in [-0.3, -0.25) is 0 Å². The Morgan fingerprint density at radius 2 is 1.88 bits per heavy atom. The number of fused-ring (bicyclic) bond motifs is 1. The van der Waals surface area contributed by atoms with Crippen LogP contribution in [0.25, 0.3) is 10.9 Å². The van der Waals surface area contributed by atoms with Crippen LogP contribution in [0.3, 0.4) is 0 Å². The molecule has 0 aliphatic rings. The zero-order valence-electron chi connectivity index (χ0n) is 11.3. The number of nitrogens with zero attached hydrogens (tertiary/aromatic N) is 1. The summed E-state index contributed by atoms with van der Waals surface area (Å²) in [5.41, 5.74) is 12.6. The summed E-state index contributed by atoms with van der Waals surface area (Å²) < 4.78 is 2.31. The molecule has 92 valence electrons. The lowest BCUT2D eigenvalue weighted by Gasteiger charge is -2.04. The van der Waals surface area contributed by atoms with Gasteiger partial charge in [-0.2, -0.15) is 0 Å². The van der Waals surface area contributed by atoms with Crippen molar-refractivity contribution in [3.05, 3.63) is 34.5 Å². The van der Waals surface area contributed by atoms with E-state index in [-0.39, 0.29) is 0 Å². The molecule has 0 radical (unpaired) electrons. The van der Waals surface area contributed by atoms with E-state index in [0.29, 0.717) is 0 Å². The van der Waals surface area contributed by atoms with Gasteiger partial charge in [0.25, 0.3) is 0 Å². The highest BCUT2D eigenvalue weighted by Crippen LogP contribution is 2.29. The first-order valence-corrected chi connectivity index (χ1v) is 6.31. The zero-order chi connectivity index (χ0) is 12.6. The monoisotopic (exact) mass is 230 g/mol. The number of rotatable bonds is 3. The fourth-order valence-corrected chi connectivity index (χ4v) is 2.75. The van der Waals surface area contributed by atoms with Gasteiger partial charge in [0.1, 0.15) is 0 Å². The van der Waals surface area contributed by atoms with Gasteiger partial charge in [0, 0.05) is 23.6 Å². The fourth-order valence-electron chi connectivity index (χ4n) is 2.75. The molecule has 0 fully saturated rings. The van der Waals surface area contributed by atoms with Crippen LogP contribution in [0.2, 0.25) is 0 Å². The van der Waals surface area contributed by atoms with E-state index in [2.05, 4.69) is 44.5 Å². The molecule has 1 aromatic heterocycles. The normalized spacial score (nSPS) is 11.4. The van der Waals surface area contributed by atoms with E-state index in [1.54, 1.807) is 0 Å². The molecule has 0 bridgehead atoms. The average Bonchev–Trinajstić information content (AvgIpc) is 2.51. The fraction of sp³-hybridized carbons (Fsp3) is 0.467. The lowest BCUT2D eigenvalue weighted by molar-refractivity contribution is 0.816. The number of benzene rings is 1. The highest BCUT2D eigenvalue weighted by molar-refractivity contribution is 5.89. The molecule has 0 aliphatic heterocycles. The van der Waals surface area contributed by atoms with E-state index in [1.807, 2.05) is 0 Å². The smallest absolute Gasteiger partial charge is 0.0488 e. The van der Waals surface area contributed by atoms with Crippen molar-refractivity contribution in [3.63, 3.8) is 0 Å². The van der Waals surface area contributed by atoms with E-state index in [0.717, 1.165) is 19.4 Å². The summed E-state index contributed by atoms with van der Waals surface area (Å²) in [4.78, 5) is 0. The van der Waals surface area contributed by atoms with Crippen LogP contribution >= 0.6 is 0 Å². The molecule has 1 heterocycles. The second-order valence-electron chi connectivity index (χ2n) is 4.99. The lowest BCUT2D eigenvalue weighted by Crippen LogP contribution is -2.01. The molecule has 2 N–H and O–H groups in total. The van der Waals surface area contributed by atoms with E-state index in [9.17, 15) is 0 Å². The molecule has 0 amide bonds. The van der Waals surface area contributed by atoms with Crippen LogP contribution < -0.4 is 5.73 Å². The molecular formula is C15H22N2. The molecule has 0 atom stereocenters. The molecule has 0 aliphatic carbocycles. The van der Waals surface area contributed by atoms with Gasteiger partial charge in [-0.15, -0.1) is 0 Å². The Kier molecular flexibility index (Phi) is 3.25. The minimum absolute atomic E-state index is 0.765. The van der Waals surface area contributed by atoms with Gasteiger partial charge < -0.3 is 10.3 Å². The third-order valence-corrected chi connectivity index (χ3v) is 3.69. The second-order valence-corrected chi connectivity index (χ2v) is 4.99. The van der Waals surface area contributed by atoms with Crippen molar-refractivity contribution in [3.8, 4) is 0 Å². The molecule has 0 unspecified atom stereocenters. The van der Waals surface area contributed by atoms with Crippen molar-refractivity contribution in [1.29, 1.82) is 0 Å². The number of hydrogen-bond acceptors (Lipinski definition) is 1. The van der Waals surface area contributed by atoms with Gasteiger partial charge in [-0.25, -0.2) is 0 Å². The standard InChI is InChI=1S/C15H22N2/c1-10-8-11(2)15-13(6-5-7-16)12(3)17(4)14(15)9-10/h8-9H,5-7,16H2,1-4H3. The van der Waals surface area contributed by atoms with Crippen molar-refractivity contribution < 1.29 is 0 Å². The number of aromatic nitrogens is 1. The van der Waals surface area contributed by atoms with Crippen molar-refractivity contribution in [1.82, 2.24) is 4.57 Å². The Hall–Kier alpha value is -1.28. The van der Waals surface area contributed by atoms with Crippen molar-refractivity contribution in [2.24, 2.45) is 12.8 Å². The predicted octanol–water partition coefficient (Wildman–Crippen LogP) is 2.99. The number of nitrogens with two attached hydrogens (primary N) is 1. The van der Waals surface area contributed by atoms with Crippen molar-refractivity contribution in [2.75, 3.05) is 6.54 Å². The van der Waals surface area contributed by atoms with Gasteiger partial charge in [0.2, 0.25) is 0 Å². The SMILES string of the molecule is Cc1cc(C)c2c(CCCN)c(C)n(C)c2c1. The maximum Gasteiger partial charge on any atom is 0.0488 e. The van der Waals surface area contributed by atoms with E-state index < -0.39 is 0 Å². The number of hydrogen-bond donors (Lipinski definition) is 1. The molecule has 2 rings (SSSR count). The van der Waals surface area contributed by atoms with Crippen LogP contribution in [-0.2, 0) is 13.5 Å².